The molecule has 0 saturated carbocycles. The van der Waals surface area contributed by atoms with E-state index < -0.39 is 0 Å². The van der Waals surface area contributed by atoms with Crippen molar-refractivity contribution in [1.29, 1.82) is 0 Å². The molecule has 0 radical (unpaired) electrons. The predicted molar refractivity (Wildman–Crippen MR) is 70.1 cm³/mol. The number of aliphatic hydroxyl groups is 1. The third-order valence-electron chi connectivity index (χ3n) is 3.34. The first-order chi connectivity index (χ1) is 8.81. The second kappa shape index (κ2) is 6.52. The Hall–Kier alpha value is -1.39. The lowest BCUT2D eigenvalue weighted by molar-refractivity contribution is -0.129. The zero-order valence-corrected chi connectivity index (χ0v) is 10.5. The molecule has 1 unspecified atom stereocenters. The van der Waals surface area contributed by atoms with E-state index in [1.165, 1.54) is 0 Å². The minimum atomic E-state index is -0.169. The molecule has 0 aromatic heterocycles. The van der Waals surface area contributed by atoms with Gasteiger partial charge in [0.15, 0.2) is 0 Å². The Bertz CT molecular complexity index is 375. The van der Waals surface area contributed by atoms with Gasteiger partial charge in [-0.25, -0.2) is 0 Å². The molecule has 1 amide bonds. The topological polar surface area (TPSA) is 52.6 Å². The Labute approximate surface area is 108 Å². The van der Waals surface area contributed by atoms with Crippen molar-refractivity contribution in [2.24, 2.45) is 0 Å². The molecule has 18 heavy (non-hydrogen) atoms. The van der Waals surface area contributed by atoms with E-state index in [-0.39, 0.29) is 18.6 Å². The molecule has 1 saturated heterocycles. The number of rotatable bonds is 5. The highest BCUT2D eigenvalue weighted by atomic mass is 16.3. The summed E-state index contributed by atoms with van der Waals surface area (Å²) in [5.41, 5.74) is 1.01. The molecule has 2 N–H and O–H groups in total. The van der Waals surface area contributed by atoms with Crippen LogP contribution in [0.2, 0.25) is 0 Å². The molecule has 0 spiro atoms. The number of nitrogens with one attached hydrogen (secondary N) is 1. The van der Waals surface area contributed by atoms with E-state index in [2.05, 4.69) is 5.32 Å². The average molecular weight is 248 g/mol. The van der Waals surface area contributed by atoms with Gasteiger partial charge in [-0.2, -0.15) is 0 Å². The van der Waals surface area contributed by atoms with Gasteiger partial charge in [-0.05, 0) is 18.4 Å². The van der Waals surface area contributed by atoms with Crippen LogP contribution in [-0.2, 0) is 4.79 Å². The zero-order valence-electron chi connectivity index (χ0n) is 10.5. The highest BCUT2D eigenvalue weighted by Crippen LogP contribution is 2.12. The first kappa shape index (κ1) is 13.1. The summed E-state index contributed by atoms with van der Waals surface area (Å²) >= 11 is 0. The number of hydrogen-bond acceptors (Lipinski definition) is 3. The van der Waals surface area contributed by atoms with Gasteiger partial charge in [0.2, 0.25) is 5.91 Å². The minimum absolute atomic E-state index is 0.00269. The molecule has 4 nitrogen and oxygen atoms in total. The van der Waals surface area contributed by atoms with Crippen molar-refractivity contribution in [1.82, 2.24) is 10.2 Å². The van der Waals surface area contributed by atoms with Crippen molar-refractivity contribution < 1.29 is 9.90 Å². The maximum absolute atomic E-state index is 11.9. The molecule has 1 fully saturated rings. The maximum atomic E-state index is 11.9. The van der Waals surface area contributed by atoms with E-state index in [1.807, 2.05) is 35.2 Å². The fourth-order valence-corrected chi connectivity index (χ4v) is 2.26. The van der Waals surface area contributed by atoms with Gasteiger partial charge in [0, 0.05) is 13.1 Å². The van der Waals surface area contributed by atoms with Crippen LogP contribution in [0.1, 0.15) is 24.4 Å². The summed E-state index contributed by atoms with van der Waals surface area (Å²) in [6.07, 6.45) is 2.21. The summed E-state index contributed by atoms with van der Waals surface area (Å²) in [4.78, 5) is 13.8. The molecular formula is C14H20N2O2. The lowest BCUT2D eigenvalue weighted by Gasteiger charge is -2.20. The molecular weight excluding hydrogens is 228 g/mol. The lowest BCUT2D eigenvalue weighted by Crippen LogP contribution is -2.38. The third-order valence-corrected chi connectivity index (χ3v) is 3.34. The van der Waals surface area contributed by atoms with Gasteiger partial charge >= 0.3 is 0 Å². The molecule has 1 heterocycles. The molecule has 1 atom stereocenters. The Morgan fingerprint density at radius 1 is 1.28 bits per heavy atom. The number of carbonyl (C=O) groups is 1. The van der Waals surface area contributed by atoms with Crippen LogP contribution in [0.4, 0.5) is 0 Å². The Balaban J connectivity index is 1.85. The van der Waals surface area contributed by atoms with Gasteiger partial charge in [0.1, 0.15) is 0 Å². The van der Waals surface area contributed by atoms with Crippen molar-refractivity contribution in [3.05, 3.63) is 35.9 Å². The predicted octanol–water partition coefficient (Wildman–Crippen LogP) is 0.932. The van der Waals surface area contributed by atoms with Crippen LogP contribution in [0.25, 0.3) is 0 Å². The molecule has 1 aliphatic rings. The smallest absolute Gasteiger partial charge is 0.236 e. The molecule has 98 valence electrons. The minimum Gasteiger partial charge on any atom is -0.394 e. The van der Waals surface area contributed by atoms with E-state index in [9.17, 15) is 9.90 Å². The largest absolute Gasteiger partial charge is 0.394 e. The van der Waals surface area contributed by atoms with Crippen LogP contribution in [0.5, 0.6) is 0 Å². The molecule has 0 aliphatic carbocycles. The maximum Gasteiger partial charge on any atom is 0.236 e. The molecule has 1 aromatic rings. The van der Waals surface area contributed by atoms with Gasteiger partial charge in [-0.3, -0.25) is 10.1 Å². The van der Waals surface area contributed by atoms with Gasteiger partial charge in [-0.15, -0.1) is 0 Å². The Kier molecular flexibility index (Phi) is 4.73. The van der Waals surface area contributed by atoms with Crippen LogP contribution in [0.15, 0.2) is 30.3 Å². The number of amides is 1. The second-order valence-electron chi connectivity index (χ2n) is 4.61. The first-order valence-corrected chi connectivity index (χ1v) is 6.48. The van der Waals surface area contributed by atoms with Crippen LogP contribution in [0.3, 0.4) is 0 Å². The fourth-order valence-electron chi connectivity index (χ4n) is 2.26. The van der Waals surface area contributed by atoms with Crippen LogP contribution in [-0.4, -0.2) is 42.2 Å². The molecule has 0 bridgehead atoms. The second-order valence-corrected chi connectivity index (χ2v) is 4.61. The number of aliphatic hydroxyl groups excluding tert-OH is 1. The summed E-state index contributed by atoms with van der Waals surface area (Å²) in [7, 11) is 0. The standard InChI is InChI=1S/C14H20N2O2/c17-11-13(12-6-2-1-3-7-12)15-10-14(18)16-8-4-5-9-16/h1-3,6-7,13,15,17H,4-5,8-11H2. The van der Waals surface area contributed by atoms with Crippen LogP contribution >= 0.6 is 0 Å². The molecule has 1 aromatic carbocycles. The Morgan fingerprint density at radius 2 is 1.94 bits per heavy atom. The van der Waals surface area contributed by atoms with Gasteiger partial charge in [0.25, 0.3) is 0 Å². The average Bonchev–Trinajstić information content (AvgIpc) is 2.94. The molecule has 4 heteroatoms. The molecule has 2 rings (SSSR count). The SMILES string of the molecule is O=C(CNC(CO)c1ccccc1)N1CCCC1. The van der Waals surface area contributed by atoms with Gasteiger partial charge in [-0.1, -0.05) is 30.3 Å². The summed E-state index contributed by atoms with van der Waals surface area (Å²) in [5.74, 6) is 0.127. The number of nitrogens with zero attached hydrogens (tertiary/aromatic N) is 1. The van der Waals surface area contributed by atoms with Crippen molar-refractivity contribution >= 4 is 5.91 Å². The quantitative estimate of drug-likeness (QED) is 0.815. The monoisotopic (exact) mass is 248 g/mol. The highest BCUT2D eigenvalue weighted by Gasteiger charge is 2.19. The van der Waals surface area contributed by atoms with E-state index in [0.717, 1.165) is 31.5 Å². The van der Waals surface area contributed by atoms with Crippen LogP contribution < -0.4 is 5.32 Å². The first-order valence-electron chi connectivity index (χ1n) is 6.48. The van der Waals surface area contributed by atoms with E-state index in [0.29, 0.717) is 6.54 Å². The number of likely N-dealkylation sites (tertiary alicyclic amines) is 1. The van der Waals surface area contributed by atoms with Gasteiger partial charge in [0.05, 0.1) is 19.2 Å². The number of benzene rings is 1. The van der Waals surface area contributed by atoms with E-state index in [1.54, 1.807) is 0 Å². The van der Waals surface area contributed by atoms with Gasteiger partial charge < -0.3 is 10.0 Å². The third kappa shape index (κ3) is 3.31. The number of carbonyl (C=O) groups excluding carboxylic acids is 1. The van der Waals surface area contributed by atoms with E-state index >= 15 is 0 Å². The van der Waals surface area contributed by atoms with Crippen molar-refractivity contribution in [3.63, 3.8) is 0 Å². The normalized spacial score (nSPS) is 16.8. The molecule has 1 aliphatic heterocycles. The summed E-state index contributed by atoms with van der Waals surface area (Å²) in [5, 5.41) is 12.5. The van der Waals surface area contributed by atoms with E-state index in [4.69, 9.17) is 0 Å². The lowest BCUT2D eigenvalue weighted by atomic mass is 10.1. The zero-order chi connectivity index (χ0) is 12.8. The Morgan fingerprint density at radius 3 is 2.56 bits per heavy atom. The summed E-state index contributed by atoms with van der Waals surface area (Å²) in [6, 6.07) is 9.54. The fraction of sp³-hybridized carbons (Fsp3) is 0.500. The van der Waals surface area contributed by atoms with Crippen molar-refractivity contribution in [2.75, 3.05) is 26.2 Å². The summed E-state index contributed by atoms with van der Waals surface area (Å²) < 4.78 is 0. The van der Waals surface area contributed by atoms with Crippen molar-refractivity contribution in [3.8, 4) is 0 Å². The summed E-state index contributed by atoms with van der Waals surface area (Å²) in [6.45, 7) is 2.03. The highest BCUT2D eigenvalue weighted by molar-refractivity contribution is 5.78. The number of hydrogen-bond donors (Lipinski definition) is 2. The van der Waals surface area contributed by atoms with Crippen molar-refractivity contribution in [2.45, 2.75) is 18.9 Å². The van der Waals surface area contributed by atoms with Crippen LogP contribution in [0, 0.1) is 0 Å².